The Balaban J connectivity index is 0.000000269. The van der Waals surface area contributed by atoms with Crippen molar-refractivity contribution in [3.63, 3.8) is 0 Å². The predicted molar refractivity (Wildman–Crippen MR) is 127 cm³/mol. The number of carbonyl (C=O) groups excluding carboxylic acids is 1. The van der Waals surface area contributed by atoms with Crippen LogP contribution in [0, 0.1) is 5.82 Å². The van der Waals surface area contributed by atoms with Gasteiger partial charge < -0.3 is 9.29 Å². The SMILES string of the molecule is C=C(C)C(=O)OC(C(F)(F)F)C(F)(F)S(=O)(=O)[O-].Fc1ccc([S+](c2ccccc2)c2ccccc2)cc1. The second-order valence-corrected chi connectivity index (χ2v) is 11.0. The van der Waals surface area contributed by atoms with Crippen molar-refractivity contribution in [2.45, 2.75) is 39.1 Å². The topological polar surface area (TPSA) is 83.5 Å². The highest BCUT2D eigenvalue weighted by atomic mass is 32.2. The number of ether oxygens (including phenoxy) is 1. The molecule has 0 heterocycles. The van der Waals surface area contributed by atoms with E-state index in [9.17, 15) is 44.1 Å². The Morgan fingerprint density at radius 2 is 1.24 bits per heavy atom. The van der Waals surface area contributed by atoms with Crippen LogP contribution in [0.2, 0.25) is 0 Å². The fourth-order valence-corrected chi connectivity index (χ4v) is 5.28. The normalized spacial score (nSPS) is 12.8. The van der Waals surface area contributed by atoms with Crippen LogP contribution in [-0.2, 0) is 30.5 Å². The zero-order valence-corrected chi connectivity index (χ0v) is 21.1. The Kier molecular flexibility index (Phi) is 10.2. The molecule has 0 aromatic heterocycles. The van der Waals surface area contributed by atoms with E-state index >= 15 is 0 Å². The minimum absolute atomic E-state index is 0.190. The number of halogens is 6. The molecule has 38 heavy (non-hydrogen) atoms. The Hall–Kier alpha value is -3.29. The van der Waals surface area contributed by atoms with Gasteiger partial charge in [0, 0.05) is 5.57 Å². The number of rotatable bonds is 7. The van der Waals surface area contributed by atoms with E-state index < -0.39 is 39.2 Å². The third kappa shape index (κ3) is 8.10. The van der Waals surface area contributed by atoms with Gasteiger partial charge in [0.1, 0.15) is 5.82 Å². The second kappa shape index (κ2) is 12.5. The van der Waals surface area contributed by atoms with Gasteiger partial charge in [-0.05, 0) is 55.5 Å². The largest absolute Gasteiger partial charge is 0.743 e. The van der Waals surface area contributed by atoms with E-state index in [0.717, 1.165) is 11.8 Å². The molecule has 0 aliphatic carbocycles. The molecule has 0 N–H and O–H groups in total. The molecule has 0 radical (unpaired) electrons. The molecule has 3 aromatic carbocycles. The highest BCUT2D eigenvalue weighted by molar-refractivity contribution is 7.97. The van der Waals surface area contributed by atoms with Gasteiger partial charge in [-0.25, -0.2) is 17.6 Å². The van der Waals surface area contributed by atoms with Gasteiger partial charge in [-0.1, -0.05) is 43.0 Å². The molecular weight excluding hydrogens is 558 g/mol. The summed E-state index contributed by atoms with van der Waals surface area (Å²) in [5.41, 5.74) is -0.677. The third-order valence-electron chi connectivity index (χ3n) is 4.52. The van der Waals surface area contributed by atoms with Gasteiger partial charge in [-0.15, -0.1) is 0 Å². The fourth-order valence-electron chi connectivity index (χ4n) is 2.76. The lowest BCUT2D eigenvalue weighted by molar-refractivity contribution is -0.257. The lowest BCUT2D eigenvalue weighted by atomic mass is 10.3. The minimum atomic E-state index is -6.67. The molecule has 1 atom stereocenters. The van der Waals surface area contributed by atoms with Crippen molar-refractivity contribution >= 4 is 27.0 Å². The van der Waals surface area contributed by atoms with E-state index in [-0.39, 0.29) is 16.7 Å². The van der Waals surface area contributed by atoms with Crippen molar-refractivity contribution in [3.8, 4) is 0 Å². The average Bonchev–Trinajstić information content (AvgIpc) is 2.84. The van der Waals surface area contributed by atoms with Gasteiger partial charge in [0.2, 0.25) is 0 Å². The van der Waals surface area contributed by atoms with Crippen molar-refractivity contribution in [1.82, 2.24) is 0 Å². The summed E-state index contributed by atoms with van der Waals surface area (Å²) >= 11 is 0. The molecule has 1 unspecified atom stereocenters. The standard InChI is InChI=1S/C18H14FS.C7H7F5O5S/c19-15-11-13-18(14-12-15)20(16-7-3-1-4-8-16)17-9-5-2-6-10-17;1-3(2)4(13)17-5(6(8,9)10)7(11,12)18(14,15)16/h1-14H;5H,1H2,2H3,(H,14,15,16)/q+1;/p-1. The highest BCUT2D eigenvalue weighted by Crippen LogP contribution is 2.38. The van der Waals surface area contributed by atoms with Crippen LogP contribution >= 0.6 is 0 Å². The molecule has 0 aliphatic heterocycles. The van der Waals surface area contributed by atoms with E-state index in [0.29, 0.717) is 0 Å². The molecule has 3 rings (SSSR count). The quantitative estimate of drug-likeness (QED) is 0.111. The van der Waals surface area contributed by atoms with E-state index in [4.69, 9.17) is 0 Å². The van der Waals surface area contributed by atoms with Crippen molar-refractivity contribution in [3.05, 3.63) is 103 Å². The average molecular weight is 579 g/mol. The number of benzene rings is 3. The van der Waals surface area contributed by atoms with Gasteiger partial charge in [-0.3, -0.25) is 0 Å². The molecular formula is C25H20F6O5S2. The molecule has 0 bridgehead atoms. The zero-order chi connectivity index (χ0) is 28.7. The van der Waals surface area contributed by atoms with Crippen LogP contribution < -0.4 is 0 Å². The van der Waals surface area contributed by atoms with Crippen LogP contribution in [0.25, 0.3) is 0 Å². The fraction of sp³-hybridized carbons (Fsp3) is 0.160. The van der Waals surface area contributed by atoms with Crippen molar-refractivity contribution in [1.29, 1.82) is 0 Å². The Bertz CT molecular complexity index is 1290. The maximum atomic E-state index is 13.2. The first-order valence-electron chi connectivity index (χ1n) is 10.4. The predicted octanol–water partition coefficient (Wildman–Crippen LogP) is 6.10. The van der Waals surface area contributed by atoms with Crippen LogP contribution in [0.1, 0.15) is 6.92 Å². The van der Waals surface area contributed by atoms with Gasteiger partial charge in [0.25, 0.3) is 6.10 Å². The van der Waals surface area contributed by atoms with Crippen LogP contribution in [0.15, 0.2) is 112 Å². The summed E-state index contributed by atoms with van der Waals surface area (Å²) < 4.78 is 109. The summed E-state index contributed by atoms with van der Waals surface area (Å²) in [5, 5.41) is -5.84. The van der Waals surface area contributed by atoms with Crippen LogP contribution in [0.4, 0.5) is 26.3 Å². The van der Waals surface area contributed by atoms with Crippen LogP contribution in [0.5, 0.6) is 0 Å². The Morgan fingerprint density at radius 1 is 0.842 bits per heavy atom. The first-order chi connectivity index (χ1) is 17.6. The van der Waals surface area contributed by atoms with Gasteiger partial charge in [0.15, 0.2) is 24.8 Å². The number of hydrogen-bond donors (Lipinski definition) is 0. The first kappa shape index (κ1) is 30.9. The van der Waals surface area contributed by atoms with Crippen LogP contribution in [0.3, 0.4) is 0 Å². The van der Waals surface area contributed by atoms with E-state index in [1.807, 2.05) is 48.5 Å². The van der Waals surface area contributed by atoms with Gasteiger partial charge >= 0.3 is 17.4 Å². The molecule has 0 aliphatic rings. The molecule has 0 spiro atoms. The van der Waals surface area contributed by atoms with Gasteiger partial charge in [0.05, 0.1) is 10.9 Å². The third-order valence-corrected chi connectivity index (χ3v) is 7.63. The van der Waals surface area contributed by atoms with Crippen molar-refractivity contribution in [2.75, 3.05) is 0 Å². The minimum Gasteiger partial charge on any atom is -0.743 e. The maximum Gasteiger partial charge on any atom is 0.432 e. The molecule has 3 aromatic rings. The number of hydrogen-bond acceptors (Lipinski definition) is 5. The van der Waals surface area contributed by atoms with E-state index in [1.165, 1.54) is 21.9 Å². The summed E-state index contributed by atoms with van der Waals surface area (Å²) in [6.07, 6.45) is -10.3. The summed E-state index contributed by atoms with van der Waals surface area (Å²) in [4.78, 5) is 14.3. The summed E-state index contributed by atoms with van der Waals surface area (Å²) in [7, 11) is -6.86. The van der Waals surface area contributed by atoms with Crippen LogP contribution in [-0.4, -0.2) is 36.5 Å². The highest BCUT2D eigenvalue weighted by Gasteiger charge is 2.62. The molecule has 0 fully saturated rings. The molecule has 5 nitrogen and oxygen atoms in total. The van der Waals surface area contributed by atoms with E-state index in [2.05, 4.69) is 35.6 Å². The zero-order valence-electron chi connectivity index (χ0n) is 19.5. The maximum absolute atomic E-state index is 13.2. The number of carbonyl (C=O) groups is 1. The lowest BCUT2D eigenvalue weighted by Gasteiger charge is -2.29. The molecule has 0 saturated heterocycles. The van der Waals surface area contributed by atoms with Crippen molar-refractivity contribution in [2.24, 2.45) is 0 Å². The Labute approximate surface area is 217 Å². The number of esters is 1. The molecule has 13 heteroatoms. The lowest BCUT2D eigenvalue weighted by Crippen LogP contribution is -2.52. The summed E-state index contributed by atoms with van der Waals surface area (Å²) in [5.74, 6) is -2.10. The smallest absolute Gasteiger partial charge is 0.432 e. The van der Waals surface area contributed by atoms with Gasteiger partial charge in [-0.2, -0.15) is 22.0 Å². The summed E-state index contributed by atoms with van der Waals surface area (Å²) in [6, 6.07) is 27.5. The first-order valence-corrected chi connectivity index (χ1v) is 13.1. The van der Waals surface area contributed by atoms with Crippen molar-refractivity contribution < 1.29 is 48.8 Å². The second-order valence-electron chi connectivity index (χ2n) is 7.51. The Morgan fingerprint density at radius 3 is 1.58 bits per heavy atom. The number of alkyl halides is 5. The monoisotopic (exact) mass is 578 g/mol. The molecule has 204 valence electrons. The molecule has 0 saturated carbocycles. The molecule has 0 amide bonds. The van der Waals surface area contributed by atoms with E-state index in [1.54, 1.807) is 0 Å². The summed E-state index contributed by atoms with van der Waals surface area (Å²) in [6.45, 7) is 3.67.